The van der Waals surface area contributed by atoms with Gasteiger partial charge in [-0.25, -0.2) is 4.98 Å². The van der Waals surface area contributed by atoms with Gasteiger partial charge in [0.2, 0.25) is 0 Å². The van der Waals surface area contributed by atoms with Crippen LogP contribution >= 0.6 is 27.3 Å². The number of anilines is 1. The van der Waals surface area contributed by atoms with Crippen molar-refractivity contribution in [1.82, 2.24) is 9.97 Å². The summed E-state index contributed by atoms with van der Waals surface area (Å²) in [5, 5.41) is 0.631. The molecular weight excluding hydrogens is 498 g/mol. The van der Waals surface area contributed by atoms with Gasteiger partial charge < -0.3 is 4.74 Å². The number of fused-ring (bicyclic) bond motifs is 1. The maximum atomic E-state index is 13.7. The number of para-hydroxylation sites is 1. The quantitative estimate of drug-likeness (QED) is 0.242. The van der Waals surface area contributed by atoms with Gasteiger partial charge in [0.15, 0.2) is 5.13 Å². The van der Waals surface area contributed by atoms with E-state index in [1.54, 1.807) is 29.4 Å². The molecule has 0 aliphatic rings. The van der Waals surface area contributed by atoms with Gasteiger partial charge in [0.1, 0.15) is 11.5 Å². The van der Waals surface area contributed by atoms with E-state index in [0.717, 1.165) is 20.3 Å². The van der Waals surface area contributed by atoms with Crippen LogP contribution in [0.2, 0.25) is 0 Å². The summed E-state index contributed by atoms with van der Waals surface area (Å²) in [7, 11) is 0. The van der Waals surface area contributed by atoms with Gasteiger partial charge in [-0.05, 0) is 60.2 Å². The number of thiazole rings is 1. The van der Waals surface area contributed by atoms with Crippen LogP contribution in [0.15, 0.2) is 102 Å². The molecule has 7 heteroatoms. The van der Waals surface area contributed by atoms with Crippen molar-refractivity contribution in [2.24, 2.45) is 0 Å². The van der Waals surface area contributed by atoms with E-state index < -0.39 is 0 Å². The van der Waals surface area contributed by atoms with Crippen LogP contribution in [0.4, 0.5) is 5.13 Å². The zero-order chi connectivity index (χ0) is 22.6. The second-order valence-corrected chi connectivity index (χ2v) is 9.23. The van der Waals surface area contributed by atoms with Gasteiger partial charge in [-0.2, -0.15) is 0 Å². The number of carbonyl (C=O) groups excluding carboxylic acids is 1. The number of hydrogen-bond acceptors (Lipinski definition) is 5. The molecule has 0 fully saturated rings. The molecule has 0 aliphatic carbocycles. The molecular formula is C26H18BrN3O2S. The van der Waals surface area contributed by atoms with Gasteiger partial charge in [0.25, 0.3) is 5.91 Å². The van der Waals surface area contributed by atoms with Crippen LogP contribution in [-0.2, 0) is 6.54 Å². The fourth-order valence-electron chi connectivity index (χ4n) is 3.38. The highest BCUT2D eigenvalue weighted by Gasteiger charge is 2.22. The second-order valence-electron chi connectivity index (χ2n) is 7.30. The lowest BCUT2D eigenvalue weighted by Crippen LogP contribution is -2.30. The van der Waals surface area contributed by atoms with Crippen molar-refractivity contribution in [2.45, 2.75) is 6.54 Å². The van der Waals surface area contributed by atoms with Crippen LogP contribution in [0, 0.1) is 0 Å². The highest BCUT2D eigenvalue weighted by atomic mass is 79.9. The van der Waals surface area contributed by atoms with Gasteiger partial charge in [-0.3, -0.25) is 14.7 Å². The summed E-state index contributed by atoms with van der Waals surface area (Å²) < 4.78 is 7.91. The average Bonchev–Trinajstić information content (AvgIpc) is 3.26. The smallest absolute Gasteiger partial charge is 0.260 e. The van der Waals surface area contributed by atoms with E-state index in [-0.39, 0.29) is 5.91 Å². The second kappa shape index (κ2) is 9.52. The van der Waals surface area contributed by atoms with E-state index >= 15 is 0 Å². The Labute approximate surface area is 203 Å². The van der Waals surface area contributed by atoms with Crippen molar-refractivity contribution in [2.75, 3.05) is 4.90 Å². The maximum Gasteiger partial charge on any atom is 0.260 e. The molecule has 0 spiro atoms. The molecule has 5 aromatic rings. The largest absolute Gasteiger partial charge is 0.457 e. The van der Waals surface area contributed by atoms with Gasteiger partial charge in [-0.1, -0.05) is 57.6 Å². The number of aromatic nitrogens is 2. The zero-order valence-electron chi connectivity index (χ0n) is 17.4. The molecule has 162 valence electrons. The van der Waals surface area contributed by atoms with Crippen LogP contribution in [0.5, 0.6) is 11.5 Å². The molecule has 0 radical (unpaired) electrons. The first-order valence-corrected chi connectivity index (χ1v) is 11.9. The van der Waals surface area contributed by atoms with E-state index in [2.05, 4.69) is 20.9 Å². The zero-order valence-corrected chi connectivity index (χ0v) is 19.8. The fraction of sp³-hybridized carbons (Fsp3) is 0.0385. The van der Waals surface area contributed by atoms with E-state index in [0.29, 0.717) is 28.7 Å². The number of amides is 1. The predicted molar refractivity (Wildman–Crippen MR) is 135 cm³/mol. The predicted octanol–water partition coefficient (Wildman–Crippen LogP) is 7.09. The van der Waals surface area contributed by atoms with Crippen molar-refractivity contribution >= 4 is 48.5 Å². The SMILES string of the molecule is O=C(c1cccc(Oc2ccccc2)c1)N(Cc1cccnc1)c1nc2ccc(Br)cc2s1. The first-order valence-electron chi connectivity index (χ1n) is 10.3. The van der Waals surface area contributed by atoms with Crippen LogP contribution in [0.1, 0.15) is 15.9 Å². The molecule has 2 aromatic heterocycles. The number of rotatable bonds is 6. The fourth-order valence-corrected chi connectivity index (χ4v) is 4.89. The molecule has 0 atom stereocenters. The standard InChI is InChI=1S/C26H18BrN3O2S/c27-20-11-12-23-24(15-20)33-26(29-23)30(17-18-6-5-13-28-16-18)25(31)19-7-4-10-22(14-19)32-21-8-2-1-3-9-21/h1-16H,17H2. The number of carbonyl (C=O) groups is 1. The van der Waals surface area contributed by atoms with E-state index in [9.17, 15) is 4.79 Å². The van der Waals surface area contributed by atoms with Crippen LogP contribution < -0.4 is 9.64 Å². The minimum absolute atomic E-state index is 0.157. The third kappa shape index (κ3) is 4.94. The molecule has 3 aromatic carbocycles. The lowest BCUT2D eigenvalue weighted by Gasteiger charge is -2.20. The minimum Gasteiger partial charge on any atom is -0.457 e. The molecule has 0 N–H and O–H groups in total. The Hall–Kier alpha value is -3.55. The van der Waals surface area contributed by atoms with E-state index in [1.807, 2.05) is 72.8 Å². The van der Waals surface area contributed by atoms with E-state index in [4.69, 9.17) is 9.72 Å². The molecule has 0 unspecified atom stereocenters. The van der Waals surface area contributed by atoms with Crippen molar-refractivity contribution < 1.29 is 9.53 Å². The third-order valence-electron chi connectivity index (χ3n) is 4.94. The number of benzene rings is 3. The number of ether oxygens (including phenoxy) is 1. The Balaban J connectivity index is 1.50. The molecule has 2 heterocycles. The minimum atomic E-state index is -0.157. The summed E-state index contributed by atoms with van der Waals surface area (Å²) in [6.07, 6.45) is 3.48. The van der Waals surface area contributed by atoms with Crippen molar-refractivity contribution in [3.05, 3.63) is 113 Å². The lowest BCUT2D eigenvalue weighted by atomic mass is 10.1. The monoisotopic (exact) mass is 515 g/mol. The van der Waals surface area contributed by atoms with Crippen LogP contribution in [0.3, 0.4) is 0 Å². The molecule has 1 amide bonds. The normalized spacial score (nSPS) is 10.8. The van der Waals surface area contributed by atoms with Crippen molar-refractivity contribution in [3.8, 4) is 11.5 Å². The molecule has 0 bridgehead atoms. The van der Waals surface area contributed by atoms with Crippen molar-refractivity contribution in [1.29, 1.82) is 0 Å². The Bertz CT molecular complexity index is 1410. The Morgan fingerprint density at radius 1 is 0.939 bits per heavy atom. The summed E-state index contributed by atoms with van der Waals surface area (Å²) in [5.41, 5.74) is 2.29. The summed E-state index contributed by atoms with van der Waals surface area (Å²) in [5.74, 6) is 1.16. The Morgan fingerprint density at radius 3 is 2.61 bits per heavy atom. The molecule has 0 aliphatic heterocycles. The number of hydrogen-bond donors (Lipinski definition) is 0. The topological polar surface area (TPSA) is 55.3 Å². The van der Waals surface area contributed by atoms with Gasteiger partial charge in [-0.15, -0.1) is 0 Å². The van der Waals surface area contributed by atoms with E-state index in [1.165, 1.54) is 11.3 Å². The first-order chi connectivity index (χ1) is 16.2. The molecule has 33 heavy (non-hydrogen) atoms. The van der Waals surface area contributed by atoms with Crippen LogP contribution in [0.25, 0.3) is 10.2 Å². The van der Waals surface area contributed by atoms with Gasteiger partial charge >= 0.3 is 0 Å². The third-order valence-corrected chi connectivity index (χ3v) is 6.47. The summed E-state index contributed by atoms with van der Waals surface area (Å²) >= 11 is 4.99. The Kier molecular flexibility index (Phi) is 6.15. The number of pyridine rings is 1. The Morgan fingerprint density at radius 2 is 1.79 bits per heavy atom. The van der Waals surface area contributed by atoms with Gasteiger partial charge in [0.05, 0.1) is 16.8 Å². The molecule has 5 nitrogen and oxygen atoms in total. The van der Waals surface area contributed by atoms with Crippen LogP contribution in [-0.4, -0.2) is 15.9 Å². The molecule has 0 saturated heterocycles. The first kappa shape index (κ1) is 21.3. The average molecular weight is 516 g/mol. The summed E-state index contributed by atoms with van der Waals surface area (Å²) in [6.45, 7) is 0.359. The molecule has 0 saturated carbocycles. The summed E-state index contributed by atoms with van der Waals surface area (Å²) in [4.78, 5) is 24.3. The lowest BCUT2D eigenvalue weighted by molar-refractivity contribution is 0.0985. The maximum absolute atomic E-state index is 13.7. The molecule has 5 rings (SSSR count). The highest BCUT2D eigenvalue weighted by Crippen LogP contribution is 2.33. The number of halogens is 1. The summed E-state index contributed by atoms with van der Waals surface area (Å²) in [6, 6.07) is 26.4. The van der Waals surface area contributed by atoms with Crippen molar-refractivity contribution in [3.63, 3.8) is 0 Å². The number of nitrogens with zero attached hydrogens (tertiary/aromatic N) is 3. The van der Waals surface area contributed by atoms with Gasteiger partial charge in [0, 0.05) is 22.4 Å². The highest BCUT2D eigenvalue weighted by molar-refractivity contribution is 9.10.